The minimum atomic E-state index is -5.66. The Morgan fingerprint density at radius 3 is 1.12 bits per heavy atom. The van der Waals surface area contributed by atoms with E-state index in [9.17, 15) is 0 Å². The van der Waals surface area contributed by atoms with Gasteiger partial charge >= 0.3 is 12.4 Å². The molecule has 0 fully saturated rings. The number of hydrogen-bond acceptors (Lipinski definition) is 2. The van der Waals surface area contributed by atoms with E-state index in [4.69, 9.17) is 8.83 Å². The third-order valence-corrected chi connectivity index (χ3v) is 13.1. The molecule has 13 aromatic rings. The summed E-state index contributed by atoms with van der Waals surface area (Å²) in [6.45, 7) is 0. The van der Waals surface area contributed by atoms with E-state index in [0.717, 1.165) is 28.8 Å². The predicted molar refractivity (Wildman–Crippen MR) is 250 cm³/mol. The average molecular weight is 913 g/mol. The van der Waals surface area contributed by atoms with Crippen LogP contribution >= 0.6 is 0 Å². The Kier molecular flexibility index (Phi) is 8.26. The van der Waals surface area contributed by atoms with Crippen molar-refractivity contribution >= 4 is 87.5 Å². The van der Waals surface area contributed by atoms with Gasteiger partial charge in [-0.05, 0) is 48.5 Å². The van der Waals surface area contributed by atoms with Crippen LogP contribution < -0.4 is 0 Å². The summed E-state index contributed by atoms with van der Waals surface area (Å²) in [6.07, 6.45) is -11.3. The number of nitrogens with zero attached hydrogens (tertiary/aromatic N) is 2. The van der Waals surface area contributed by atoms with Crippen molar-refractivity contribution in [2.45, 2.75) is 12.4 Å². The number of alkyl halides is 6. The number of benzene rings is 9. The van der Waals surface area contributed by atoms with Gasteiger partial charge in [-0.1, -0.05) is 121 Å². The minimum absolute atomic E-state index is 0.0137. The van der Waals surface area contributed by atoms with Gasteiger partial charge in [0.15, 0.2) is 11.2 Å². The minimum Gasteiger partial charge on any atom is -0.454 e. The van der Waals surface area contributed by atoms with Gasteiger partial charge < -0.3 is 18.0 Å². The molecule has 0 aliphatic carbocycles. The highest BCUT2D eigenvalue weighted by molar-refractivity contribution is 6.24. The van der Waals surface area contributed by atoms with E-state index >= 15 is 35.1 Å². The van der Waals surface area contributed by atoms with Gasteiger partial charge in [-0.25, -0.2) is 8.78 Å². The van der Waals surface area contributed by atoms with Crippen LogP contribution in [0.4, 0.5) is 35.1 Å². The Morgan fingerprint density at radius 1 is 0.338 bits per heavy atom. The predicted octanol–water partition coefficient (Wildman–Crippen LogP) is 17.3. The number of furan rings is 2. The highest BCUT2D eigenvalue weighted by Gasteiger charge is 2.50. The maximum Gasteiger partial charge on any atom is 0.419 e. The summed E-state index contributed by atoms with van der Waals surface area (Å²) < 4.78 is 152. The lowest BCUT2D eigenvalue weighted by molar-refractivity contribution is -0.142. The van der Waals surface area contributed by atoms with Crippen LogP contribution in [0.3, 0.4) is 0 Å². The van der Waals surface area contributed by atoms with Crippen molar-refractivity contribution in [1.29, 1.82) is 0 Å². The summed E-state index contributed by atoms with van der Waals surface area (Å²) in [7, 11) is 0. The SMILES string of the molecule is Fc1ccccc1-c1c(-n2c3ccccc3c3ccc4c5ccccc5oc4c32)c(-c2ccccc2F)c(C(F)(F)F)c(-n2c3ccccc3c3ccc4c5ccccc5oc4c32)c1C(F)(F)F. The molecular formula is C56H28F8N2O2. The zero-order valence-electron chi connectivity index (χ0n) is 34.9. The number of aromatic nitrogens is 2. The third kappa shape index (κ3) is 5.48. The molecular weight excluding hydrogens is 885 g/mol. The number of fused-ring (bicyclic) bond motifs is 14. The Hall–Kier alpha value is -8.38. The van der Waals surface area contributed by atoms with Gasteiger partial charge in [0.2, 0.25) is 0 Å². The lowest BCUT2D eigenvalue weighted by Gasteiger charge is -2.31. The van der Waals surface area contributed by atoms with Gasteiger partial charge in [0.05, 0.1) is 44.6 Å². The summed E-state index contributed by atoms with van der Waals surface area (Å²) >= 11 is 0. The first kappa shape index (κ1) is 39.9. The summed E-state index contributed by atoms with van der Waals surface area (Å²) in [6, 6.07) is 42.7. The Morgan fingerprint density at radius 2 is 0.691 bits per heavy atom. The van der Waals surface area contributed by atoms with Gasteiger partial charge in [-0.2, -0.15) is 26.3 Å². The third-order valence-electron chi connectivity index (χ3n) is 13.1. The monoisotopic (exact) mass is 912 g/mol. The Balaban J connectivity index is 1.38. The normalized spacial score (nSPS) is 12.7. The molecule has 4 nitrogen and oxygen atoms in total. The Labute approximate surface area is 378 Å². The van der Waals surface area contributed by atoms with E-state index in [1.165, 1.54) is 41.0 Å². The Bertz CT molecular complexity index is 4200. The lowest BCUT2D eigenvalue weighted by atomic mass is 9.84. The molecule has 0 unspecified atom stereocenters. The molecule has 0 spiro atoms. The first-order valence-corrected chi connectivity index (χ1v) is 21.5. The fourth-order valence-electron chi connectivity index (χ4n) is 10.5. The van der Waals surface area contributed by atoms with Crippen LogP contribution in [-0.2, 0) is 12.4 Å². The first-order chi connectivity index (χ1) is 32.9. The van der Waals surface area contributed by atoms with Crippen molar-refractivity contribution in [3.63, 3.8) is 0 Å². The molecule has 12 heteroatoms. The molecule has 68 heavy (non-hydrogen) atoms. The molecule has 4 heterocycles. The fraction of sp³-hybridized carbons (Fsp3) is 0.0357. The molecule has 0 N–H and O–H groups in total. The van der Waals surface area contributed by atoms with Crippen LogP contribution in [0.5, 0.6) is 0 Å². The summed E-state index contributed by atoms with van der Waals surface area (Å²) in [4.78, 5) is 0. The summed E-state index contributed by atoms with van der Waals surface area (Å²) in [5.74, 6) is -2.33. The van der Waals surface area contributed by atoms with Crippen LogP contribution in [0.2, 0.25) is 0 Å². The lowest BCUT2D eigenvalue weighted by Crippen LogP contribution is -2.23. The quantitative estimate of drug-likeness (QED) is 0.165. The largest absolute Gasteiger partial charge is 0.454 e. The molecule has 13 rings (SSSR count). The number of para-hydroxylation sites is 4. The van der Waals surface area contributed by atoms with Crippen molar-refractivity contribution in [1.82, 2.24) is 9.13 Å². The first-order valence-electron chi connectivity index (χ1n) is 21.5. The second kappa shape index (κ2) is 14.1. The van der Waals surface area contributed by atoms with Crippen molar-refractivity contribution in [3.05, 3.63) is 193 Å². The van der Waals surface area contributed by atoms with Gasteiger partial charge in [-0.15, -0.1) is 0 Å². The van der Waals surface area contributed by atoms with Gasteiger partial charge in [0.1, 0.15) is 22.8 Å². The number of rotatable bonds is 4. The van der Waals surface area contributed by atoms with Crippen molar-refractivity contribution in [2.24, 2.45) is 0 Å². The zero-order chi connectivity index (χ0) is 46.4. The van der Waals surface area contributed by atoms with Gasteiger partial charge in [0, 0.05) is 65.3 Å². The van der Waals surface area contributed by atoms with E-state index in [1.54, 1.807) is 109 Å². The summed E-state index contributed by atoms with van der Waals surface area (Å²) in [5.41, 5.74) is -8.08. The van der Waals surface area contributed by atoms with Crippen LogP contribution in [0.25, 0.3) is 121 Å². The van der Waals surface area contributed by atoms with E-state index < -0.39 is 68.7 Å². The maximum absolute atomic E-state index is 17.2. The zero-order valence-corrected chi connectivity index (χ0v) is 34.9. The van der Waals surface area contributed by atoms with Crippen molar-refractivity contribution < 1.29 is 44.0 Å². The number of halogens is 8. The average Bonchev–Trinajstić information content (AvgIpc) is 4.08. The topological polar surface area (TPSA) is 36.1 Å². The highest BCUT2D eigenvalue weighted by atomic mass is 19.4. The second-order valence-electron chi connectivity index (χ2n) is 16.7. The van der Waals surface area contributed by atoms with E-state index in [0.29, 0.717) is 48.9 Å². The standard InChI is InChI=1S/C56H28F8N2O2/c57-39-19-7-1-17-37(39)45-47(55(59,60)61)52(66-42-22-10-4-14-30(42)34-26-28-36-32-16-6-12-24-44(32)68-54(36)50(34)66)48(56(62,63)64)46(38-18-2-8-20-40(38)58)51(45)65-41-21-9-3-13-29(41)33-25-27-35-31-15-5-11-23-43(31)67-53(35)49(33)65/h1-28H. The molecule has 0 amide bonds. The molecule has 0 aliphatic heterocycles. The smallest absolute Gasteiger partial charge is 0.419 e. The molecule has 330 valence electrons. The molecule has 0 radical (unpaired) electrons. The molecule has 0 bridgehead atoms. The van der Waals surface area contributed by atoms with Gasteiger partial charge in [-0.3, -0.25) is 0 Å². The van der Waals surface area contributed by atoms with Gasteiger partial charge in [0.25, 0.3) is 0 Å². The molecule has 9 aromatic carbocycles. The molecule has 4 aromatic heterocycles. The molecule has 0 saturated carbocycles. The fourth-order valence-corrected chi connectivity index (χ4v) is 10.5. The number of hydrogen-bond donors (Lipinski definition) is 0. The molecule has 0 saturated heterocycles. The van der Waals surface area contributed by atoms with Crippen molar-refractivity contribution in [3.8, 4) is 33.6 Å². The van der Waals surface area contributed by atoms with Crippen LogP contribution in [0.1, 0.15) is 11.1 Å². The molecule has 0 aliphatic rings. The molecule has 0 atom stereocenters. The van der Waals surface area contributed by atoms with Crippen molar-refractivity contribution in [2.75, 3.05) is 0 Å². The van der Waals surface area contributed by atoms with Crippen LogP contribution in [0, 0.1) is 11.6 Å². The van der Waals surface area contributed by atoms with E-state index in [2.05, 4.69) is 0 Å². The maximum atomic E-state index is 17.2. The highest BCUT2D eigenvalue weighted by Crippen LogP contribution is 2.58. The van der Waals surface area contributed by atoms with E-state index in [-0.39, 0.29) is 38.6 Å². The summed E-state index contributed by atoms with van der Waals surface area (Å²) in [5, 5.41) is 3.59. The van der Waals surface area contributed by atoms with Crippen LogP contribution in [-0.4, -0.2) is 9.13 Å². The van der Waals surface area contributed by atoms with E-state index in [1.807, 2.05) is 0 Å². The van der Waals surface area contributed by atoms with Crippen LogP contribution in [0.15, 0.2) is 179 Å². The second-order valence-corrected chi connectivity index (χ2v) is 16.7.